The normalized spacial score (nSPS) is 19.6. The molecular formula is C19H20N8O5S4. The molecule has 0 bridgehead atoms. The number of aromatic nitrogens is 3. The summed E-state index contributed by atoms with van der Waals surface area (Å²) in [5.74, 6) is -1.21. The molecule has 0 aliphatic carbocycles. The lowest BCUT2D eigenvalue weighted by Gasteiger charge is -2.49. The number of aliphatic carboxylic acids is 1. The number of hydrogen-bond acceptors (Lipinski definition) is 14. The minimum atomic E-state index is -1.25. The van der Waals surface area contributed by atoms with Crippen LogP contribution < -0.4 is 16.8 Å². The standard InChI is InChI=1S/C19H20N8O5S4/c20-3-5-33-6-8-9(2-1-4-22-8)35-10-7-34-17-12(16(29)27(17)13(10)18(30)31)23-15(28)11(25-32)14-24-19(21)36-26-14/h1-2,4,12,17,32H,3,5-7,20H2,(H,23,28)(H,30,31)(H2,21,24,26)/b25-11-/t12-,17+/m1/s1. The fraction of sp³-hybridized carbons (Fsp3) is 0.316. The first-order valence-electron chi connectivity index (χ1n) is 10.3. The summed E-state index contributed by atoms with van der Waals surface area (Å²) in [6.45, 7) is 0.543. The third-order valence-corrected chi connectivity index (χ3v) is 9.16. The molecule has 17 heteroatoms. The number of carbonyl (C=O) groups is 3. The highest BCUT2D eigenvalue weighted by Crippen LogP contribution is 2.45. The van der Waals surface area contributed by atoms with E-state index in [1.165, 1.54) is 23.5 Å². The smallest absolute Gasteiger partial charge is 0.353 e. The Morgan fingerprint density at radius 2 is 2.19 bits per heavy atom. The van der Waals surface area contributed by atoms with Gasteiger partial charge in [-0.15, -0.1) is 11.8 Å². The monoisotopic (exact) mass is 568 g/mol. The summed E-state index contributed by atoms with van der Waals surface area (Å²) in [6, 6.07) is 2.61. The van der Waals surface area contributed by atoms with Crippen molar-refractivity contribution in [3.63, 3.8) is 0 Å². The Hall–Kier alpha value is -2.86. The second kappa shape index (κ2) is 11.5. The molecule has 2 amide bonds. The highest BCUT2D eigenvalue weighted by molar-refractivity contribution is 8.06. The second-order valence-electron chi connectivity index (χ2n) is 7.23. The van der Waals surface area contributed by atoms with Crippen LogP contribution in [-0.2, 0) is 20.1 Å². The summed E-state index contributed by atoms with van der Waals surface area (Å²) in [5, 5.41) is 24.0. The molecule has 1 fully saturated rings. The molecule has 0 aromatic carbocycles. The van der Waals surface area contributed by atoms with Crippen LogP contribution in [-0.4, -0.2) is 82.5 Å². The molecule has 13 nitrogen and oxygen atoms in total. The van der Waals surface area contributed by atoms with Gasteiger partial charge >= 0.3 is 5.97 Å². The maximum Gasteiger partial charge on any atom is 0.353 e. The number of hydrogen-bond donors (Lipinski definition) is 5. The summed E-state index contributed by atoms with van der Waals surface area (Å²) in [7, 11) is 0. The van der Waals surface area contributed by atoms with Crippen LogP contribution in [0.15, 0.2) is 39.0 Å². The van der Waals surface area contributed by atoms with Crippen LogP contribution in [0, 0.1) is 0 Å². The molecule has 2 aliphatic heterocycles. The van der Waals surface area contributed by atoms with Crippen molar-refractivity contribution >= 4 is 75.4 Å². The fourth-order valence-electron chi connectivity index (χ4n) is 3.41. The van der Waals surface area contributed by atoms with E-state index >= 15 is 0 Å². The van der Waals surface area contributed by atoms with Gasteiger partial charge in [0, 0.05) is 51.3 Å². The highest BCUT2D eigenvalue weighted by atomic mass is 32.2. The van der Waals surface area contributed by atoms with Gasteiger partial charge in [-0.3, -0.25) is 19.5 Å². The van der Waals surface area contributed by atoms with E-state index in [4.69, 9.17) is 11.5 Å². The number of anilines is 1. The highest BCUT2D eigenvalue weighted by Gasteiger charge is 2.54. The Labute approximate surface area is 221 Å². The number of nitrogens with zero attached hydrogens (tertiary/aromatic N) is 5. The molecule has 2 aromatic heterocycles. The minimum absolute atomic E-state index is 0.0729. The lowest BCUT2D eigenvalue weighted by atomic mass is 10.0. The van der Waals surface area contributed by atoms with Gasteiger partial charge < -0.3 is 27.1 Å². The first-order valence-corrected chi connectivity index (χ1v) is 14.1. The molecule has 190 valence electrons. The number of rotatable bonds is 10. The molecule has 7 N–H and O–H groups in total. The number of nitrogens with one attached hydrogen (secondary N) is 1. The molecule has 2 aromatic rings. The second-order valence-corrected chi connectivity index (χ2v) is 11.4. The molecule has 0 spiro atoms. The zero-order chi connectivity index (χ0) is 25.8. The van der Waals surface area contributed by atoms with Crippen molar-refractivity contribution in [3.8, 4) is 0 Å². The predicted molar refractivity (Wildman–Crippen MR) is 138 cm³/mol. The van der Waals surface area contributed by atoms with Crippen LogP contribution in [0.3, 0.4) is 0 Å². The number of nitrogens with two attached hydrogens (primary N) is 2. The third-order valence-electron chi connectivity index (χ3n) is 4.97. The molecule has 4 heterocycles. The Kier molecular flexibility index (Phi) is 8.35. The Balaban J connectivity index is 1.51. The first-order chi connectivity index (χ1) is 17.3. The summed E-state index contributed by atoms with van der Waals surface area (Å²) in [6.07, 6.45) is 1.67. The van der Waals surface area contributed by atoms with Gasteiger partial charge in [0.05, 0.1) is 5.69 Å². The van der Waals surface area contributed by atoms with Crippen LogP contribution >= 0.6 is 46.8 Å². The van der Waals surface area contributed by atoms with Gasteiger partial charge in [0.15, 0.2) is 5.13 Å². The number of carbonyl (C=O) groups excluding carboxylic acids is 2. The van der Waals surface area contributed by atoms with Gasteiger partial charge in [-0.2, -0.15) is 21.1 Å². The van der Waals surface area contributed by atoms with Gasteiger partial charge in [0.1, 0.15) is 17.1 Å². The largest absolute Gasteiger partial charge is 0.477 e. The van der Waals surface area contributed by atoms with Gasteiger partial charge in [-0.05, 0) is 12.1 Å². The van der Waals surface area contributed by atoms with E-state index in [0.29, 0.717) is 23.0 Å². The van der Waals surface area contributed by atoms with Crippen molar-refractivity contribution in [2.45, 2.75) is 22.1 Å². The number of oxime groups is 1. The van der Waals surface area contributed by atoms with Crippen molar-refractivity contribution in [2.24, 2.45) is 10.9 Å². The van der Waals surface area contributed by atoms with Gasteiger partial charge in [-0.1, -0.05) is 16.9 Å². The Morgan fingerprint density at radius 3 is 2.86 bits per heavy atom. The van der Waals surface area contributed by atoms with E-state index in [2.05, 4.69) is 24.8 Å². The first kappa shape index (κ1) is 26.2. The zero-order valence-electron chi connectivity index (χ0n) is 18.4. The minimum Gasteiger partial charge on any atom is -0.477 e. The number of carboxylic acids is 1. The van der Waals surface area contributed by atoms with E-state index in [9.17, 15) is 24.7 Å². The van der Waals surface area contributed by atoms with Crippen molar-refractivity contribution in [1.82, 2.24) is 24.6 Å². The van der Waals surface area contributed by atoms with E-state index in [-0.39, 0.29) is 16.7 Å². The zero-order valence-corrected chi connectivity index (χ0v) is 21.6. The van der Waals surface area contributed by atoms with Crippen LogP contribution in [0.2, 0.25) is 0 Å². The van der Waals surface area contributed by atoms with Crippen molar-refractivity contribution in [1.29, 1.82) is 0 Å². The summed E-state index contributed by atoms with van der Waals surface area (Å²) in [4.78, 5) is 48.4. The summed E-state index contributed by atoms with van der Waals surface area (Å²) >= 11 is 5.02. The van der Waals surface area contributed by atoms with E-state index in [1.807, 2.05) is 6.07 Å². The van der Waals surface area contributed by atoms with Gasteiger partial charge in [0.25, 0.3) is 11.8 Å². The van der Waals surface area contributed by atoms with E-state index in [0.717, 1.165) is 32.8 Å². The summed E-state index contributed by atoms with van der Waals surface area (Å²) < 4.78 is 3.83. The van der Waals surface area contributed by atoms with Crippen molar-refractivity contribution in [3.05, 3.63) is 40.5 Å². The molecule has 2 atom stereocenters. The third kappa shape index (κ3) is 5.29. The average molecular weight is 569 g/mol. The summed E-state index contributed by atoms with van der Waals surface area (Å²) in [5.41, 5.74) is 11.2. The van der Waals surface area contributed by atoms with Crippen molar-refractivity contribution < 1.29 is 24.7 Å². The van der Waals surface area contributed by atoms with Crippen LogP contribution in [0.1, 0.15) is 11.5 Å². The Bertz CT molecular complexity index is 1250. The number of pyridine rings is 1. The molecule has 0 radical (unpaired) electrons. The van der Waals surface area contributed by atoms with E-state index < -0.39 is 34.9 Å². The molecule has 1 saturated heterocycles. The van der Waals surface area contributed by atoms with Crippen LogP contribution in [0.4, 0.5) is 5.13 Å². The molecular weight excluding hydrogens is 549 g/mol. The van der Waals surface area contributed by atoms with Crippen molar-refractivity contribution in [2.75, 3.05) is 23.8 Å². The number of fused-ring (bicyclic) bond motifs is 1. The number of thioether (sulfide) groups is 3. The average Bonchev–Trinajstić information content (AvgIpc) is 3.29. The molecule has 0 saturated carbocycles. The topological polar surface area (TPSA) is 210 Å². The number of nitrogen functional groups attached to an aromatic ring is 1. The number of carboxylic acid groups (broad SMARTS) is 1. The maximum atomic E-state index is 12.9. The SMILES string of the molecule is NCCSCc1ncccc1SC1=C(C(=O)O)N2C(=O)[C@@H](NC(=O)/C(=N\O)c3nsc(N)n3)[C@@H]2SC1. The predicted octanol–water partition coefficient (Wildman–Crippen LogP) is 0.374. The quantitative estimate of drug-likeness (QED) is 0.0863. The maximum absolute atomic E-state index is 12.9. The molecule has 0 unspecified atom stereocenters. The lowest BCUT2D eigenvalue weighted by molar-refractivity contribution is -0.150. The van der Waals surface area contributed by atoms with Crippen LogP contribution in [0.5, 0.6) is 0 Å². The van der Waals surface area contributed by atoms with Crippen LogP contribution in [0.25, 0.3) is 0 Å². The number of β-lactam (4-membered cyclic amide) rings is 1. The lowest BCUT2D eigenvalue weighted by Crippen LogP contribution is -2.71. The molecule has 2 aliphatic rings. The van der Waals surface area contributed by atoms with Gasteiger partial charge in [0.2, 0.25) is 11.5 Å². The Morgan fingerprint density at radius 1 is 1.39 bits per heavy atom. The van der Waals surface area contributed by atoms with Gasteiger partial charge in [-0.25, -0.2) is 4.79 Å². The molecule has 4 rings (SSSR count). The fourth-order valence-corrected chi connectivity index (χ4v) is 7.24. The molecule has 36 heavy (non-hydrogen) atoms. The number of amides is 2. The van der Waals surface area contributed by atoms with E-state index in [1.54, 1.807) is 24.0 Å².